The van der Waals surface area contributed by atoms with E-state index in [1.54, 1.807) is 4.90 Å². The predicted octanol–water partition coefficient (Wildman–Crippen LogP) is 4.38. The van der Waals surface area contributed by atoms with Crippen molar-refractivity contribution in [2.24, 2.45) is 0 Å². The van der Waals surface area contributed by atoms with Crippen LogP contribution in [0.15, 0.2) is 36.7 Å². The summed E-state index contributed by atoms with van der Waals surface area (Å²) in [5.41, 5.74) is 3.90. The third-order valence-corrected chi connectivity index (χ3v) is 6.32. The molecular formula is C23H23F3N4O3. The van der Waals surface area contributed by atoms with Gasteiger partial charge in [-0.3, -0.25) is 4.79 Å². The van der Waals surface area contributed by atoms with Crippen LogP contribution in [0, 0.1) is 0 Å². The molecule has 3 aromatic rings. The average molecular weight is 460 g/mol. The van der Waals surface area contributed by atoms with Crippen LogP contribution in [-0.4, -0.2) is 58.4 Å². The van der Waals surface area contributed by atoms with Crippen molar-refractivity contribution >= 4 is 17.1 Å². The molecule has 2 aliphatic heterocycles. The first kappa shape index (κ1) is 21.7. The van der Waals surface area contributed by atoms with Gasteiger partial charge in [-0.1, -0.05) is 0 Å². The SMILES string of the molecule is O=C(c1ccc(OC(F)(F)F)cc1)N1CCC(c2c[nH]c3ncc(C4CCOCC4)nc23)C1. The number of hydrogen-bond donors (Lipinski definition) is 1. The van der Waals surface area contributed by atoms with E-state index >= 15 is 0 Å². The van der Waals surface area contributed by atoms with Gasteiger partial charge >= 0.3 is 6.36 Å². The molecule has 1 aromatic carbocycles. The number of nitrogens with one attached hydrogen (secondary N) is 1. The molecule has 5 rings (SSSR count). The summed E-state index contributed by atoms with van der Waals surface area (Å²) in [6, 6.07) is 5.02. The number of rotatable bonds is 4. The average Bonchev–Trinajstić information content (AvgIpc) is 3.45. The number of hydrogen-bond acceptors (Lipinski definition) is 5. The normalized spacial score (nSPS) is 19.8. The lowest BCUT2D eigenvalue weighted by molar-refractivity contribution is -0.274. The fourth-order valence-electron chi connectivity index (χ4n) is 4.61. The summed E-state index contributed by atoms with van der Waals surface area (Å²) < 4.78 is 46.4. The molecule has 0 saturated carbocycles. The third-order valence-electron chi connectivity index (χ3n) is 6.32. The molecule has 1 unspecified atom stereocenters. The second kappa shape index (κ2) is 8.66. The number of nitrogens with zero attached hydrogens (tertiary/aromatic N) is 3. The molecule has 0 spiro atoms. The molecule has 1 amide bonds. The summed E-state index contributed by atoms with van der Waals surface area (Å²) in [6.07, 6.45) is 1.62. The lowest BCUT2D eigenvalue weighted by atomic mass is 9.96. The molecule has 1 atom stereocenters. The van der Waals surface area contributed by atoms with E-state index in [-0.39, 0.29) is 17.6 Å². The first-order valence-corrected chi connectivity index (χ1v) is 10.9. The number of ether oxygens (including phenoxy) is 2. The van der Waals surface area contributed by atoms with E-state index in [2.05, 4.69) is 14.7 Å². The number of alkyl halides is 3. The summed E-state index contributed by atoms with van der Waals surface area (Å²) in [6.45, 7) is 2.53. The molecule has 2 aliphatic rings. The highest BCUT2D eigenvalue weighted by molar-refractivity contribution is 5.94. The van der Waals surface area contributed by atoms with Crippen LogP contribution < -0.4 is 4.74 Å². The minimum Gasteiger partial charge on any atom is -0.406 e. The molecule has 33 heavy (non-hydrogen) atoms. The first-order chi connectivity index (χ1) is 15.9. The molecule has 0 radical (unpaired) electrons. The highest BCUT2D eigenvalue weighted by Crippen LogP contribution is 2.34. The first-order valence-electron chi connectivity index (χ1n) is 10.9. The maximum atomic E-state index is 12.9. The van der Waals surface area contributed by atoms with Crippen molar-refractivity contribution in [1.82, 2.24) is 19.9 Å². The number of likely N-dealkylation sites (tertiary alicyclic amines) is 1. The van der Waals surface area contributed by atoms with Crippen molar-refractivity contribution in [1.29, 1.82) is 0 Å². The monoisotopic (exact) mass is 460 g/mol. The van der Waals surface area contributed by atoms with Crippen molar-refractivity contribution in [2.45, 2.75) is 37.5 Å². The zero-order chi connectivity index (χ0) is 23.0. The fourth-order valence-corrected chi connectivity index (χ4v) is 4.61. The summed E-state index contributed by atoms with van der Waals surface area (Å²) in [4.78, 5) is 27.3. The maximum Gasteiger partial charge on any atom is 0.573 e. The van der Waals surface area contributed by atoms with Gasteiger partial charge in [0.15, 0.2) is 5.65 Å². The van der Waals surface area contributed by atoms with Crippen LogP contribution >= 0.6 is 0 Å². The quantitative estimate of drug-likeness (QED) is 0.625. The smallest absolute Gasteiger partial charge is 0.406 e. The van der Waals surface area contributed by atoms with Gasteiger partial charge in [0.2, 0.25) is 0 Å². The number of carbonyl (C=O) groups excluding carboxylic acids is 1. The highest BCUT2D eigenvalue weighted by Gasteiger charge is 2.32. The van der Waals surface area contributed by atoms with Gasteiger partial charge in [0.05, 0.1) is 11.9 Å². The van der Waals surface area contributed by atoms with Gasteiger partial charge in [0, 0.05) is 55.5 Å². The van der Waals surface area contributed by atoms with Gasteiger partial charge in [-0.15, -0.1) is 13.2 Å². The fraction of sp³-hybridized carbons (Fsp3) is 0.435. The van der Waals surface area contributed by atoms with E-state index < -0.39 is 6.36 Å². The van der Waals surface area contributed by atoms with Crippen molar-refractivity contribution in [3.05, 3.63) is 53.5 Å². The van der Waals surface area contributed by atoms with Crippen molar-refractivity contribution < 1.29 is 27.4 Å². The minimum atomic E-state index is -4.76. The summed E-state index contributed by atoms with van der Waals surface area (Å²) in [5, 5.41) is 0. The molecule has 0 bridgehead atoms. The number of halogens is 3. The number of carbonyl (C=O) groups is 1. The second-order valence-corrected chi connectivity index (χ2v) is 8.43. The molecule has 174 valence electrons. The Morgan fingerprint density at radius 3 is 2.61 bits per heavy atom. The number of benzene rings is 1. The number of aromatic amines is 1. The lowest BCUT2D eigenvalue weighted by Gasteiger charge is -2.21. The number of aromatic nitrogens is 3. The Balaban J connectivity index is 1.30. The van der Waals surface area contributed by atoms with Gasteiger partial charge in [0.25, 0.3) is 5.91 Å². The Morgan fingerprint density at radius 2 is 1.88 bits per heavy atom. The van der Waals surface area contributed by atoms with E-state index in [4.69, 9.17) is 9.72 Å². The molecule has 0 aliphatic carbocycles. The number of H-pyrrole nitrogens is 1. The zero-order valence-corrected chi connectivity index (χ0v) is 17.8. The minimum absolute atomic E-state index is 0.106. The summed E-state index contributed by atoms with van der Waals surface area (Å²) in [7, 11) is 0. The molecule has 1 N–H and O–H groups in total. The van der Waals surface area contributed by atoms with Crippen LogP contribution in [0.4, 0.5) is 13.2 Å². The van der Waals surface area contributed by atoms with E-state index in [0.29, 0.717) is 24.6 Å². The molecule has 7 nitrogen and oxygen atoms in total. The van der Waals surface area contributed by atoms with Crippen LogP contribution in [0.3, 0.4) is 0 Å². The number of amides is 1. The Morgan fingerprint density at radius 1 is 1.12 bits per heavy atom. The Bertz CT molecular complexity index is 1140. The van der Waals surface area contributed by atoms with E-state index in [1.807, 2.05) is 12.4 Å². The van der Waals surface area contributed by atoms with Crippen molar-refractivity contribution in [3.63, 3.8) is 0 Å². The van der Waals surface area contributed by atoms with Crippen LogP contribution in [0.1, 0.15) is 52.7 Å². The molecule has 2 saturated heterocycles. The van der Waals surface area contributed by atoms with Crippen molar-refractivity contribution in [2.75, 3.05) is 26.3 Å². The second-order valence-electron chi connectivity index (χ2n) is 8.43. The van der Waals surface area contributed by atoms with Crippen LogP contribution in [-0.2, 0) is 4.74 Å². The Hall–Kier alpha value is -3.14. The number of fused-ring (bicyclic) bond motifs is 1. The standard InChI is InChI=1S/C23H23F3N4O3/c24-23(25,26)33-17-3-1-15(2-4-17)22(31)30-8-5-16(13-30)18-11-27-21-20(18)29-19(12-28-21)14-6-9-32-10-7-14/h1-4,11-12,14,16H,5-10,13H2,(H,27,28). The highest BCUT2D eigenvalue weighted by atomic mass is 19.4. The largest absolute Gasteiger partial charge is 0.573 e. The molecule has 4 heterocycles. The van der Waals surface area contributed by atoms with Gasteiger partial charge in [-0.2, -0.15) is 0 Å². The van der Waals surface area contributed by atoms with Gasteiger partial charge in [-0.05, 0) is 43.5 Å². The van der Waals surface area contributed by atoms with E-state index in [9.17, 15) is 18.0 Å². The van der Waals surface area contributed by atoms with Crippen LogP contribution in [0.25, 0.3) is 11.2 Å². The lowest BCUT2D eigenvalue weighted by Crippen LogP contribution is -2.28. The molecule has 2 fully saturated rings. The summed E-state index contributed by atoms with van der Waals surface area (Å²) in [5.74, 6) is -0.125. The molecule has 2 aromatic heterocycles. The van der Waals surface area contributed by atoms with E-state index in [1.165, 1.54) is 12.1 Å². The molecule has 10 heteroatoms. The maximum absolute atomic E-state index is 12.9. The Labute approximate surface area is 187 Å². The van der Waals surface area contributed by atoms with Gasteiger partial charge in [0.1, 0.15) is 11.3 Å². The third kappa shape index (κ3) is 4.66. The topological polar surface area (TPSA) is 80.3 Å². The summed E-state index contributed by atoms with van der Waals surface area (Å²) >= 11 is 0. The predicted molar refractivity (Wildman–Crippen MR) is 113 cm³/mol. The van der Waals surface area contributed by atoms with Gasteiger partial charge < -0.3 is 19.4 Å². The molecular weight excluding hydrogens is 437 g/mol. The van der Waals surface area contributed by atoms with Crippen molar-refractivity contribution in [3.8, 4) is 5.75 Å². The van der Waals surface area contributed by atoms with E-state index in [0.717, 1.165) is 67.0 Å². The van der Waals surface area contributed by atoms with Crippen LogP contribution in [0.5, 0.6) is 5.75 Å². The van der Waals surface area contributed by atoms with Crippen LogP contribution in [0.2, 0.25) is 0 Å². The Kier molecular flexibility index (Phi) is 5.69. The van der Waals surface area contributed by atoms with Gasteiger partial charge in [-0.25, -0.2) is 9.97 Å². The zero-order valence-electron chi connectivity index (χ0n) is 17.8.